The minimum absolute atomic E-state index is 0.0223. The molecule has 6 nitrogen and oxygen atoms in total. The first-order chi connectivity index (χ1) is 9.79. The summed E-state index contributed by atoms with van der Waals surface area (Å²) in [6.45, 7) is 4.96. The van der Waals surface area contributed by atoms with Gasteiger partial charge in [-0.1, -0.05) is 12.1 Å². The summed E-state index contributed by atoms with van der Waals surface area (Å²) in [4.78, 5) is 15.4. The monoisotopic (exact) mass is 308 g/mol. The fourth-order valence-corrected chi connectivity index (χ4v) is 2.70. The standard InChI is InChI=1S/C14H16N2O4S/c1-9-11(3)20-14(16-9)8-15-21(18,19)13-6-4-12(5-7-13)10(2)17/h4-7,15H,8H2,1-3H3. The average molecular weight is 308 g/mol. The first-order valence-electron chi connectivity index (χ1n) is 6.33. The van der Waals surface area contributed by atoms with Crippen LogP contribution in [-0.4, -0.2) is 19.2 Å². The van der Waals surface area contributed by atoms with Gasteiger partial charge in [-0.05, 0) is 32.9 Å². The van der Waals surface area contributed by atoms with Gasteiger partial charge in [0.05, 0.1) is 17.1 Å². The SMILES string of the molecule is CC(=O)c1ccc(S(=O)(=O)NCc2nc(C)c(C)o2)cc1. The smallest absolute Gasteiger partial charge is 0.241 e. The number of sulfonamides is 1. The van der Waals surface area contributed by atoms with Crippen molar-refractivity contribution < 1.29 is 17.6 Å². The molecule has 0 bridgehead atoms. The van der Waals surface area contributed by atoms with Gasteiger partial charge in [-0.3, -0.25) is 4.79 Å². The first-order valence-corrected chi connectivity index (χ1v) is 7.81. The Hall–Kier alpha value is -1.99. The number of carbonyl (C=O) groups is 1. The van der Waals surface area contributed by atoms with Crippen molar-refractivity contribution in [2.75, 3.05) is 0 Å². The second-order valence-electron chi connectivity index (χ2n) is 4.65. The van der Waals surface area contributed by atoms with Crippen LogP contribution in [0.3, 0.4) is 0 Å². The number of Topliss-reactive ketones (excluding diaryl/α,β-unsaturated/α-hetero) is 1. The van der Waals surface area contributed by atoms with Crippen LogP contribution >= 0.6 is 0 Å². The van der Waals surface area contributed by atoms with Gasteiger partial charge in [-0.25, -0.2) is 18.1 Å². The molecule has 112 valence electrons. The zero-order valence-corrected chi connectivity index (χ0v) is 12.8. The Morgan fingerprint density at radius 1 is 1.24 bits per heavy atom. The van der Waals surface area contributed by atoms with Gasteiger partial charge < -0.3 is 4.42 Å². The highest BCUT2D eigenvalue weighted by atomic mass is 32.2. The Kier molecular flexibility index (Phi) is 4.24. The molecule has 1 N–H and O–H groups in total. The van der Waals surface area contributed by atoms with Crippen LogP contribution in [-0.2, 0) is 16.6 Å². The molecule has 0 aliphatic heterocycles. The lowest BCUT2D eigenvalue weighted by atomic mass is 10.2. The molecule has 7 heteroatoms. The Labute approximate surface area is 123 Å². The van der Waals surface area contributed by atoms with E-state index in [4.69, 9.17) is 4.42 Å². The van der Waals surface area contributed by atoms with E-state index in [2.05, 4.69) is 9.71 Å². The lowest BCUT2D eigenvalue weighted by Gasteiger charge is -2.05. The highest BCUT2D eigenvalue weighted by Crippen LogP contribution is 2.13. The molecular weight excluding hydrogens is 292 g/mol. The molecule has 0 spiro atoms. The molecule has 0 fully saturated rings. The number of nitrogens with one attached hydrogen (secondary N) is 1. The normalized spacial score (nSPS) is 11.6. The quantitative estimate of drug-likeness (QED) is 0.853. The predicted octanol–water partition coefficient (Wildman–Crippen LogP) is 1.97. The fourth-order valence-electron chi connectivity index (χ4n) is 1.72. The summed E-state index contributed by atoms with van der Waals surface area (Å²) >= 11 is 0. The Morgan fingerprint density at radius 3 is 2.33 bits per heavy atom. The van der Waals surface area contributed by atoms with Gasteiger partial charge in [-0.2, -0.15) is 0 Å². The van der Waals surface area contributed by atoms with E-state index in [1.807, 2.05) is 0 Å². The van der Waals surface area contributed by atoms with Gasteiger partial charge in [0.25, 0.3) is 0 Å². The molecule has 0 radical (unpaired) electrons. The molecule has 0 saturated carbocycles. The van der Waals surface area contributed by atoms with E-state index in [-0.39, 0.29) is 17.2 Å². The van der Waals surface area contributed by atoms with Crippen LogP contribution < -0.4 is 4.72 Å². The number of rotatable bonds is 5. The largest absolute Gasteiger partial charge is 0.444 e. The van der Waals surface area contributed by atoms with E-state index in [1.165, 1.54) is 31.2 Å². The van der Waals surface area contributed by atoms with Crippen LogP contribution in [0.4, 0.5) is 0 Å². The number of ketones is 1. The van der Waals surface area contributed by atoms with Crippen molar-refractivity contribution in [2.45, 2.75) is 32.2 Å². The van der Waals surface area contributed by atoms with Crippen molar-refractivity contribution in [3.8, 4) is 0 Å². The maximum absolute atomic E-state index is 12.1. The van der Waals surface area contributed by atoms with E-state index in [0.717, 1.165) is 5.69 Å². The first kappa shape index (κ1) is 15.4. The van der Waals surface area contributed by atoms with E-state index in [1.54, 1.807) is 13.8 Å². The zero-order valence-electron chi connectivity index (χ0n) is 12.0. The van der Waals surface area contributed by atoms with Crippen LogP contribution in [0.5, 0.6) is 0 Å². The van der Waals surface area contributed by atoms with Crippen LogP contribution in [0, 0.1) is 13.8 Å². The fraction of sp³-hybridized carbons (Fsp3) is 0.286. The van der Waals surface area contributed by atoms with Crippen LogP contribution in [0.2, 0.25) is 0 Å². The predicted molar refractivity (Wildman–Crippen MR) is 76.4 cm³/mol. The van der Waals surface area contributed by atoms with E-state index in [0.29, 0.717) is 17.2 Å². The molecule has 0 aliphatic rings. The number of hydrogen-bond donors (Lipinski definition) is 1. The number of benzene rings is 1. The summed E-state index contributed by atoms with van der Waals surface area (Å²) < 4.78 is 32.0. The zero-order chi connectivity index (χ0) is 15.6. The summed E-state index contributed by atoms with van der Waals surface area (Å²) in [5.41, 5.74) is 1.20. The molecule has 0 unspecified atom stereocenters. The maximum Gasteiger partial charge on any atom is 0.241 e. The van der Waals surface area contributed by atoms with Crippen molar-refractivity contribution in [3.63, 3.8) is 0 Å². The molecule has 0 amide bonds. The Morgan fingerprint density at radius 2 is 1.86 bits per heavy atom. The molecule has 0 saturated heterocycles. The highest BCUT2D eigenvalue weighted by Gasteiger charge is 2.16. The van der Waals surface area contributed by atoms with Crippen molar-refractivity contribution in [2.24, 2.45) is 0 Å². The number of carbonyl (C=O) groups excluding carboxylic acids is 1. The number of aromatic nitrogens is 1. The summed E-state index contributed by atoms with van der Waals surface area (Å²) in [7, 11) is -3.67. The van der Waals surface area contributed by atoms with Crippen molar-refractivity contribution in [1.82, 2.24) is 9.71 Å². The Balaban J connectivity index is 2.12. The molecule has 1 aromatic carbocycles. The molecule has 0 atom stereocenters. The van der Waals surface area contributed by atoms with Gasteiger partial charge in [0, 0.05) is 5.56 Å². The number of nitrogens with zero attached hydrogens (tertiary/aromatic N) is 1. The van der Waals surface area contributed by atoms with Gasteiger partial charge in [-0.15, -0.1) is 0 Å². The summed E-state index contributed by atoms with van der Waals surface area (Å²) in [5.74, 6) is 0.863. The number of hydrogen-bond acceptors (Lipinski definition) is 5. The highest BCUT2D eigenvalue weighted by molar-refractivity contribution is 7.89. The molecule has 2 rings (SSSR count). The van der Waals surface area contributed by atoms with Crippen molar-refractivity contribution in [3.05, 3.63) is 47.2 Å². The summed E-state index contributed by atoms with van der Waals surface area (Å²) in [6.07, 6.45) is 0. The molecule has 0 aliphatic carbocycles. The third-order valence-corrected chi connectivity index (χ3v) is 4.47. The Bertz CT molecular complexity index is 741. The molecule has 21 heavy (non-hydrogen) atoms. The van der Waals surface area contributed by atoms with E-state index in [9.17, 15) is 13.2 Å². The molecular formula is C14H16N2O4S. The second-order valence-corrected chi connectivity index (χ2v) is 6.42. The van der Waals surface area contributed by atoms with Crippen molar-refractivity contribution >= 4 is 15.8 Å². The number of aryl methyl sites for hydroxylation is 2. The maximum atomic E-state index is 12.1. The third-order valence-electron chi connectivity index (χ3n) is 3.06. The second kappa shape index (κ2) is 5.79. The summed E-state index contributed by atoms with van der Waals surface area (Å²) in [6, 6.07) is 5.75. The topological polar surface area (TPSA) is 89.3 Å². The lowest BCUT2D eigenvalue weighted by Crippen LogP contribution is -2.23. The lowest BCUT2D eigenvalue weighted by molar-refractivity contribution is 0.101. The number of oxazole rings is 1. The van der Waals surface area contributed by atoms with Gasteiger partial charge in [0.1, 0.15) is 5.76 Å². The van der Waals surface area contributed by atoms with Gasteiger partial charge in [0.2, 0.25) is 15.9 Å². The molecule has 2 aromatic rings. The van der Waals surface area contributed by atoms with Crippen LogP contribution in [0.1, 0.15) is 34.6 Å². The van der Waals surface area contributed by atoms with Crippen molar-refractivity contribution in [1.29, 1.82) is 0 Å². The van der Waals surface area contributed by atoms with Crippen LogP contribution in [0.15, 0.2) is 33.6 Å². The minimum atomic E-state index is -3.67. The van der Waals surface area contributed by atoms with E-state index < -0.39 is 10.0 Å². The van der Waals surface area contributed by atoms with Crippen LogP contribution in [0.25, 0.3) is 0 Å². The average Bonchev–Trinajstić information content (AvgIpc) is 2.76. The summed E-state index contributed by atoms with van der Waals surface area (Å²) in [5, 5.41) is 0. The van der Waals surface area contributed by atoms with E-state index >= 15 is 0 Å². The third kappa shape index (κ3) is 3.56. The molecule has 1 aromatic heterocycles. The van der Waals surface area contributed by atoms with Gasteiger partial charge >= 0.3 is 0 Å². The molecule has 1 heterocycles. The van der Waals surface area contributed by atoms with Gasteiger partial charge in [0.15, 0.2) is 5.78 Å². The minimum Gasteiger partial charge on any atom is -0.444 e.